The zero-order valence-electron chi connectivity index (χ0n) is 17.8. The first kappa shape index (κ1) is 19.4. The Morgan fingerprint density at radius 2 is 1.87 bits per heavy atom. The van der Waals surface area contributed by atoms with Crippen LogP contribution in [0.5, 0.6) is 17.4 Å². The summed E-state index contributed by atoms with van der Waals surface area (Å²) in [5.41, 5.74) is 9.86. The lowest BCUT2D eigenvalue weighted by Gasteiger charge is -2.28. The second-order valence-corrected chi connectivity index (χ2v) is 7.91. The molecule has 2 N–H and O–H groups in total. The van der Waals surface area contributed by atoms with Crippen LogP contribution in [0.25, 0.3) is 10.8 Å². The van der Waals surface area contributed by atoms with E-state index in [9.17, 15) is 0 Å². The third kappa shape index (κ3) is 3.26. The van der Waals surface area contributed by atoms with Crippen molar-refractivity contribution in [3.8, 4) is 17.4 Å². The third-order valence-electron chi connectivity index (χ3n) is 6.04. The highest BCUT2D eigenvalue weighted by Gasteiger charge is 2.36. The van der Waals surface area contributed by atoms with Crippen LogP contribution in [0.4, 0.5) is 5.82 Å². The summed E-state index contributed by atoms with van der Waals surface area (Å²) >= 11 is 0. The average Bonchev–Trinajstić information content (AvgIpc) is 2.82. The lowest BCUT2D eigenvalue weighted by atomic mass is 9.82. The summed E-state index contributed by atoms with van der Waals surface area (Å²) in [6.07, 6.45) is 3.94. The number of methoxy groups -OCH3 is 1. The quantitative estimate of drug-likeness (QED) is 0.403. The van der Waals surface area contributed by atoms with Crippen LogP contribution in [0.2, 0.25) is 0 Å². The predicted molar refractivity (Wildman–Crippen MR) is 122 cm³/mol. The van der Waals surface area contributed by atoms with Crippen molar-refractivity contribution >= 4 is 16.6 Å². The Morgan fingerprint density at radius 1 is 1.06 bits per heavy atom. The molecular weight excluding hydrogens is 386 g/mol. The number of nitrogen functional groups attached to an aromatic ring is 1. The molecule has 0 radical (unpaired) electrons. The number of hydrogen-bond acceptors (Lipinski definition) is 4. The molecule has 1 aliphatic heterocycles. The second kappa shape index (κ2) is 7.91. The highest BCUT2D eigenvalue weighted by molar-refractivity contribution is 5.91. The van der Waals surface area contributed by atoms with E-state index in [4.69, 9.17) is 15.2 Å². The van der Waals surface area contributed by atoms with Gasteiger partial charge in [0.05, 0.1) is 19.6 Å². The highest BCUT2D eigenvalue weighted by Crippen LogP contribution is 2.50. The maximum atomic E-state index is 6.72. The zero-order chi connectivity index (χ0) is 21.4. The van der Waals surface area contributed by atoms with E-state index in [0.29, 0.717) is 11.7 Å². The van der Waals surface area contributed by atoms with Crippen molar-refractivity contribution in [1.82, 2.24) is 4.98 Å². The molecule has 0 saturated carbocycles. The van der Waals surface area contributed by atoms with E-state index >= 15 is 0 Å². The summed E-state index contributed by atoms with van der Waals surface area (Å²) in [5.74, 6) is 2.89. The zero-order valence-corrected chi connectivity index (χ0v) is 17.8. The minimum absolute atomic E-state index is 0.0733. The van der Waals surface area contributed by atoms with Gasteiger partial charge in [0.1, 0.15) is 17.1 Å². The number of nitrogens with zero attached hydrogens (tertiary/aromatic N) is 2. The number of fused-ring (bicyclic) bond motifs is 4. The van der Waals surface area contributed by atoms with E-state index < -0.39 is 0 Å². The van der Waals surface area contributed by atoms with Crippen molar-refractivity contribution in [3.05, 3.63) is 83.7 Å². The first-order valence-electron chi connectivity index (χ1n) is 10.7. The molecule has 0 aliphatic carbocycles. The minimum atomic E-state index is -0.0733. The lowest BCUT2D eigenvalue weighted by molar-refractivity contribution is -0.686. The summed E-state index contributed by atoms with van der Waals surface area (Å²) in [6.45, 7) is 3.01. The van der Waals surface area contributed by atoms with Crippen LogP contribution in [0, 0.1) is 0 Å². The number of benzene rings is 3. The standard InChI is InChI=1S/C26H25N3O2/c1-3-4-15-29-16-28-26-23(25(29)27)22(18-9-12-19(30-2)13-10-18)21-14-11-17-7-5-6-8-20(17)24(21)31-26/h5-14,16,22,27H,3-4,15H2,1-2H3/p+1/t22-/m0/s1. The largest absolute Gasteiger partial charge is 0.497 e. The van der Waals surface area contributed by atoms with Crippen molar-refractivity contribution in [2.45, 2.75) is 32.2 Å². The minimum Gasteiger partial charge on any atom is -0.497 e. The molecule has 1 aromatic heterocycles. The normalized spacial score (nSPS) is 14.6. The number of anilines is 1. The van der Waals surface area contributed by atoms with E-state index in [1.807, 2.05) is 28.8 Å². The predicted octanol–water partition coefficient (Wildman–Crippen LogP) is 5.20. The van der Waals surface area contributed by atoms with Crippen LogP contribution in [-0.2, 0) is 6.54 Å². The Bertz CT molecular complexity index is 1250. The number of unbranched alkanes of at least 4 members (excludes halogenated alkanes) is 1. The summed E-state index contributed by atoms with van der Waals surface area (Å²) < 4.78 is 13.8. The first-order chi connectivity index (χ1) is 15.2. The molecule has 31 heavy (non-hydrogen) atoms. The summed E-state index contributed by atoms with van der Waals surface area (Å²) in [7, 11) is 1.68. The van der Waals surface area contributed by atoms with Crippen LogP contribution in [0.1, 0.15) is 42.4 Å². The SMILES string of the molecule is CCCC[n+]1cnc2c(c1N)[C@@H](c1ccc(OC)cc1)c1ccc3ccccc3c1O2. The van der Waals surface area contributed by atoms with Gasteiger partial charge in [-0.25, -0.2) is 4.57 Å². The third-order valence-corrected chi connectivity index (χ3v) is 6.04. The Hall–Kier alpha value is -3.60. The van der Waals surface area contributed by atoms with E-state index in [0.717, 1.165) is 58.3 Å². The summed E-state index contributed by atoms with van der Waals surface area (Å²) in [6, 6.07) is 20.7. The number of ether oxygens (including phenoxy) is 2. The van der Waals surface area contributed by atoms with Crippen molar-refractivity contribution in [3.63, 3.8) is 0 Å². The fourth-order valence-corrected chi connectivity index (χ4v) is 4.37. The van der Waals surface area contributed by atoms with Gasteiger partial charge in [-0.15, -0.1) is 0 Å². The van der Waals surface area contributed by atoms with Crippen molar-refractivity contribution < 1.29 is 14.0 Å². The van der Waals surface area contributed by atoms with Crippen molar-refractivity contribution in [2.75, 3.05) is 12.8 Å². The first-order valence-corrected chi connectivity index (χ1v) is 10.7. The molecule has 156 valence electrons. The Morgan fingerprint density at radius 3 is 2.65 bits per heavy atom. The monoisotopic (exact) mass is 412 g/mol. The summed E-state index contributed by atoms with van der Waals surface area (Å²) in [5, 5.41) is 2.22. The molecule has 2 heterocycles. The Balaban J connectivity index is 1.75. The van der Waals surface area contributed by atoms with E-state index in [1.54, 1.807) is 13.4 Å². The molecular formula is C26H26N3O2+. The molecule has 4 aromatic rings. The number of rotatable bonds is 5. The van der Waals surface area contributed by atoms with Gasteiger partial charge in [-0.1, -0.05) is 66.9 Å². The van der Waals surface area contributed by atoms with Gasteiger partial charge in [0.25, 0.3) is 0 Å². The van der Waals surface area contributed by atoms with Gasteiger partial charge in [0.15, 0.2) is 0 Å². The number of nitrogens with two attached hydrogens (primary N) is 1. The van der Waals surface area contributed by atoms with E-state index in [2.05, 4.69) is 48.3 Å². The fraction of sp³-hybridized carbons (Fsp3) is 0.231. The number of aryl methyl sites for hydroxylation is 1. The molecule has 5 rings (SSSR count). The van der Waals surface area contributed by atoms with Crippen LogP contribution in [0.15, 0.2) is 67.0 Å². The molecule has 0 amide bonds. The van der Waals surface area contributed by atoms with Crippen LogP contribution < -0.4 is 19.8 Å². The smallest absolute Gasteiger partial charge is 0.306 e. The second-order valence-electron chi connectivity index (χ2n) is 7.91. The lowest BCUT2D eigenvalue weighted by Crippen LogP contribution is -2.39. The van der Waals surface area contributed by atoms with Gasteiger partial charge < -0.3 is 15.2 Å². The van der Waals surface area contributed by atoms with Gasteiger partial charge in [0, 0.05) is 10.9 Å². The fourth-order valence-electron chi connectivity index (χ4n) is 4.37. The van der Waals surface area contributed by atoms with Gasteiger partial charge in [-0.05, 0) is 29.5 Å². The van der Waals surface area contributed by atoms with E-state index in [1.165, 1.54) is 0 Å². The summed E-state index contributed by atoms with van der Waals surface area (Å²) in [4.78, 5) is 4.68. The molecule has 5 nitrogen and oxygen atoms in total. The Labute approximate surface area is 182 Å². The number of aromatic nitrogens is 2. The highest BCUT2D eigenvalue weighted by atomic mass is 16.5. The maximum Gasteiger partial charge on any atom is 0.306 e. The van der Waals surface area contributed by atoms with Crippen LogP contribution in [-0.4, -0.2) is 12.1 Å². The average molecular weight is 413 g/mol. The molecule has 1 atom stereocenters. The molecule has 0 spiro atoms. The Kier molecular flexibility index (Phi) is 4.94. The van der Waals surface area contributed by atoms with E-state index in [-0.39, 0.29) is 5.92 Å². The van der Waals surface area contributed by atoms with Gasteiger partial charge in [-0.2, -0.15) is 0 Å². The molecule has 0 bridgehead atoms. The van der Waals surface area contributed by atoms with Gasteiger partial charge in [-0.3, -0.25) is 0 Å². The molecule has 0 fully saturated rings. The van der Waals surface area contributed by atoms with Crippen LogP contribution >= 0.6 is 0 Å². The van der Waals surface area contributed by atoms with Crippen LogP contribution in [0.3, 0.4) is 0 Å². The maximum absolute atomic E-state index is 6.72. The number of hydrogen-bond donors (Lipinski definition) is 1. The van der Waals surface area contributed by atoms with Crippen molar-refractivity contribution in [1.29, 1.82) is 0 Å². The molecule has 3 aromatic carbocycles. The molecule has 1 aliphatic rings. The molecule has 0 unspecified atom stereocenters. The molecule has 5 heteroatoms. The van der Waals surface area contributed by atoms with Gasteiger partial charge >= 0.3 is 5.88 Å². The topological polar surface area (TPSA) is 61.2 Å². The van der Waals surface area contributed by atoms with Crippen molar-refractivity contribution in [2.24, 2.45) is 0 Å². The van der Waals surface area contributed by atoms with Gasteiger partial charge in [0.2, 0.25) is 12.1 Å². The molecule has 0 saturated heterocycles.